The first kappa shape index (κ1) is 15.8. The Balaban J connectivity index is 1.73. The fourth-order valence-corrected chi connectivity index (χ4v) is 4.00. The number of rotatable bonds is 2. The molecule has 3 aromatic heterocycles. The molecule has 1 aromatic carbocycles. The number of imidazole rings is 1. The van der Waals surface area contributed by atoms with Gasteiger partial charge in [0.1, 0.15) is 0 Å². The highest BCUT2D eigenvalue weighted by Crippen LogP contribution is 2.34. The third-order valence-electron chi connectivity index (χ3n) is 5.00. The summed E-state index contributed by atoms with van der Waals surface area (Å²) in [5.74, 6) is 1.86. The zero-order valence-electron chi connectivity index (χ0n) is 14.4. The van der Waals surface area contributed by atoms with E-state index in [1.54, 1.807) is 0 Å². The molecule has 1 N–H and O–H groups in total. The molecule has 1 aliphatic rings. The maximum Gasteiger partial charge on any atom is 0.160 e. The summed E-state index contributed by atoms with van der Waals surface area (Å²) >= 11 is 2.34. The molecular formula is C19H17IN6. The number of nitrogens with zero attached hydrogens (tertiary/aromatic N) is 5. The van der Waals surface area contributed by atoms with Crippen molar-refractivity contribution in [3.63, 3.8) is 0 Å². The van der Waals surface area contributed by atoms with Gasteiger partial charge in [-0.25, -0.2) is 14.6 Å². The number of benzene rings is 1. The van der Waals surface area contributed by atoms with E-state index in [0.29, 0.717) is 6.54 Å². The van der Waals surface area contributed by atoms with E-state index in [1.807, 2.05) is 30.2 Å². The third-order valence-corrected chi connectivity index (χ3v) is 5.67. The van der Waals surface area contributed by atoms with Gasteiger partial charge in [-0.2, -0.15) is 5.10 Å². The molecule has 26 heavy (non-hydrogen) atoms. The van der Waals surface area contributed by atoms with Crippen LogP contribution in [-0.2, 0) is 6.54 Å². The summed E-state index contributed by atoms with van der Waals surface area (Å²) in [6.45, 7) is 4.84. The number of hydrogen-bond donors (Lipinski definition) is 1. The maximum absolute atomic E-state index is 4.94. The molecule has 0 bridgehead atoms. The zero-order valence-corrected chi connectivity index (χ0v) is 16.6. The van der Waals surface area contributed by atoms with E-state index in [-0.39, 0.29) is 5.92 Å². The minimum absolute atomic E-state index is 0.113. The normalized spacial score (nSPS) is 13.7. The Hall–Kier alpha value is -2.42. The van der Waals surface area contributed by atoms with Gasteiger partial charge in [0.15, 0.2) is 11.6 Å². The van der Waals surface area contributed by atoms with E-state index in [4.69, 9.17) is 10.1 Å². The van der Waals surface area contributed by atoms with E-state index in [1.165, 1.54) is 3.57 Å². The molecule has 1 atom stereocenters. The average molecular weight is 456 g/mol. The summed E-state index contributed by atoms with van der Waals surface area (Å²) in [7, 11) is 0. The molecule has 0 saturated heterocycles. The average Bonchev–Trinajstić information content (AvgIpc) is 3.35. The Bertz CT molecular complexity index is 1110. The number of nitrogens with one attached hydrogen (secondary N) is 1. The zero-order chi connectivity index (χ0) is 17.8. The Morgan fingerprint density at radius 3 is 2.96 bits per heavy atom. The van der Waals surface area contributed by atoms with Crippen molar-refractivity contribution in [1.82, 2.24) is 29.3 Å². The lowest BCUT2D eigenvalue weighted by Gasteiger charge is -2.09. The van der Waals surface area contributed by atoms with Crippen LogP contribution in [0.1, 0.15) is 35.7 Å². The second kappa shape index (κ2) is 5.80. The van der Waals surface area contributed by atoms with Gasteiger partial charge in [0.05, 0.1) is 35.9 Å². The summed E-state index contributed by atoms with van der Waals surface area (Å²) in [5, 5.41) is 4.86. The van der Waals surface area contributed by atoms with E-state index in [9.17, 15) is 0 Å². The Kier molecular flexibility index (Phi) is 3.53. The van der Waals surface area contributed by atoms with Gasteiger partial charge in [-0.05, 0) is 66.8 Å². The molecule has 0 saturated carbocycles. The van der Waals surface area contributed by atoms with E-state index in [0.717, 1.165) is 40.0 Å². The summed E-state index contributed by atoms with van der Waals surface area (Å²) in [4.78, 5) is 12.7. The van der Waals surface area contributed by atoms with Crippen LogP contribution >= 0.6 is 22.6 Å². The first-order chi connectivity index (χ1) is 12.6. The second-order valence-electron chi connectivity index (χ2n) is 6.61. The number of fused-ring (bicyclic) bond motifs is 5. The fraction of sp³-hybridized carbons (Fsp3) is 0.211. The van der Waals surface area contributed by atoms with Gasteiger partial charge >= 0.3 is 0 Å². The number of aryl methyl sites for hydroxylation is 1. The van der Waals surface area contributed by atoms with Crippen LogP contribution in [0.3, 0.4) is 0 Å². The fourth-order valence-electron chi connectivity index (χ4n) is 3.51. The summed E-state index contributed by atoms with van der Waals surface area (Å²) in [6, 6.07) is 10.5. The van der Waals surface area contributed by atoms with Crippen molar-refractivity contribution in [2.75, 3.05) is 0 Å². The van der Waals surface area contributed by atoms with Gasteiger partial charge in [-0.3, -0.25) is 0 Å². The highest BCUT2D eigenvalue weighted by Gasteiger charge is 2.26. The van der Waals surface area contributed by atoms with E-state index < -0.39 is 0 Å². The lowest BCUT2D eigenvalue weighted by molar-refractivity contribution is 0.651. The standard InChI is InChI=1S/C19H17IN6/c1-11(15-4-3-7-21-15)18-23-19-14-8-13(20)5-6-16(14)25-10-22-12(2)17(25)9-26(19)24-18/h3-8,10-11,21H,9H2,1-2H3. The van der Waals surface area contributed by atoms with Crippen LogP contribution in [0, 0.1) is 10.5 Å². The number of H-pyrrole nitrogens is 1. The van der Waals surface area contributed by atoms with Crippen LogP contribution in [0.4, 0.5) is 0 Å². The van der Waals surface area contributed by atoms with Crippen LogP contribution in [0.5, 0.6) is 0 Å². The van der Waals surface area contributed by atoms with Crippen LogP contribution in [0.25, 0.3) is 17.1 Å². The number of aromatic nitrogens is 6. The Morgan fingerprint density at radius 2 is 2.15 bits per heavy atom. The molecule has 1 unspecified atom stereocenters. The van der Waals surface area contributed by atoms with Gasteiger partial charge in [0, 0.05) is 21.0 Å². The molecule has 0 amide bonds. The van der Waals surface area contributed by atoms with Crippen molar-refractivity contribution in [2.24, 2.45) is 0 Å². The molecule has 0 radical (unpaired) electrons. The SMILES string of the molecule is Cc1ncn2c1Cn1nc(C(C)c3ccc[nH]3)nc1-c1cc(I)ccc1-2. The van der Waals surface area contributed by atoms with Crippen molar-refractivity contribution in [3.8, 4) is 17.1 Å². The molecule has 4 aromatic rings. The van der Waals surface area contributed by atoms with Crippen molar-refractivity contribution < 1.29 is 0 Å². The predicted molar refractivity (Wildman–Crippen MR) is 107 cm³/mol. The van der Waals surface area contributed by atoms with Gasteiger partial charge in [-0.1, -0.05) is 0 Å². The van der Waals surface area contributed by atoms with Gasteiger partial charge < -0.3 is 9.55 Å². The van der Waals surface area contributed by atoms with Crippen molar-refractivity contribution in [2.45, 2.75) is 26.3 Å². The van der Waals surface area contributed by atoms with E-state index in [2.05, 4.69) is 68.3 Å². The number of hydrogen-bond acceptors (Lipinski definition) is 3. The smallest absolute Gasteiger partial charge is 0.160 e. The van der Waals surface area contributed by atoms with Crippen molar-refractivity contribution >= 4 is 22.6 Å². The molecule has 0 fully saturated rings. The quantitative estimate of drug-likeness (QED) is 0.410. The van der Waals surface area contributed by atoms with Crippen LogP contribution in [-0.4, -0.2) is 29.3 Å². The molecular weight excluding hydrogens is 439 g/mol. The summed E-state index contributed by atoms with van der Waals surface area (Å²) in [5.41, 5.74) is 5.48. The Labute approximate surface area is 164 Å². The highest BCUT2D eigenvalue weighted by atomic mass is 127. The lowest BCUT2D eigenvalue weighted by Crippen LogP contribution is -2.07. The molecule has 6 nitrogen and oxygen atoms in total. The molecule has 0 aliphatic carbocycles. The molecule has 5 rings (SSSR count). The molecule has 1 aliphatic heterocycles. The van der Waals surface area contributed by atoms with Gasteiger partial charge in [0.2, 0.25) is 0 Å². The highest BCUT2D eigenvalue weighted by molar-refractivity contribution is 14.1. The van der Waals surface area contributed by atoms with Gasteiger partial charge in [-0.15, -0.1) is 0 Å². The van der Waals surface area contributed by atoms with Crippen LogP contribution < -0.4 is 0 Å². The molecule has 4 heterocycles. The summed E-state index contributed by atoms with van der Waals surface area (Å²) < 4.78 is 5.35. The second-order valence-corrected chi connectivity index (χ2v) is 7.85. The Morgan fingerprint density at radius 1 is 1.27 bits per heavy atom. The van der Waals surface area contributed by atoms with E-state index >= 15 is 0 Å². The van der Waals surface area contributed by atoms with Crippen molar-refractivity contribution in [1.29, 1.82) is 0 Å². The first-order valence-electron chi connectivity index (χ1n) is 8.53. The number of halogens is 1. The molecule has 130 valence electrons. The van der Waals surface area contributed by atoms with Crippen LogP contribution in [0.15, 0.2) is 42.9 Å². The topological polar surface area (TPSA) is 64.3 Å². The molecule has 7 heteroatoms. The monoisotopic (exact) mass is 456 g/mol. The maximum atomic E-state index is 4.94. The summed E-state index contributed by atoms with van der Waals surface area (Å²) in [6.07, 6.45) is 3.83. The largest absolute Gasteiger partial charge is 0.364 e. The predicted octanol–water partition coefficient (Wildman–Crippen LogP) is 3.89. The first-order valence-corrected chi connectivity index (χ1v) is 9.61. The van der Waals surface area contributed by atoms with Gasteiger partial charge in [0.25, 0.3) is 0 Å². The minimum atomic E-state index is 0.113. The minimum Gasteiger partial charge on any atom is -0.364 e. The lowest BCUT2D eigenvalue weighted by atomic mass is 10.1. The molecule has 0 spiro atoms. The van der Waals surface area contributed by atoms with Crippen molar-refractivity contribution in [3.05, 3.63) is 69.3 Å². The van der Waals surface area contributed by atoms with Crippen LogP contribution in [0.2, 0.25) is 0 Å². The third kappa shape index (κ3) is 2.33. The number of aromatic amines is 1.